The number of anilines is 3. The second kappa shape index (κ2) is 17.4. The molecule has 0 atom stereocenters. The van der Waals surface area contributed by atoms with E-state index in [1.807, 2.05) is 0 Å². The first-order valence-electron chi connectivity index (χ1n) is 24.1. The normalized spacial score (nSPS) is 11.4. The molecular formula is C68H46N2. The maximum atomic E-state index is 2.41. The fraction of sp³-hybridized carbons (Fsp3) is 0. The Morgan fingerprint density at radius 1 is 0.214 bits per heavy atom. The highest BCUT2D eigenvalue weighted by molar-refractivity contribution is 6.22. The van der Waals surface area contributed by atoms with Gasteiger partial charge in [-0.1, -0.05) is 200 Å². The summed E-state index contributed by atoms with van der Waals surface area (Å²) in [5.41, 5.74) is 18.9. The van der Waals surface area contributed by atoms with E-state index in [0.717, 1.165) is 22.7 Å². The molecule has 2 nitrogen and oxygen atoms in total. The predicted octanol–water partition coefficient (Wildman–Crippen LogP) is 18.9. The molecule has 0 spiro atoms. The molecule has 0 saturated carbocycles. The number of aromatic nitrogens is 1. The zero-order chi connectivity index (χ0) is 46.4. The molecule has 1 heterocycles. The molecule has 0 bridgehead atoms. The van der Waals surface area contributed by atoms with E-state index in [4.69, 9.17) is 0 Å². The molecule has 0 aliphatic heterocycles. The van der Waals surface area contributed by atoms with Crippen LogP contribution in [0.2, 0.25) is 0 Å². The molecular weight excluding hydrogens is 845 g/mol. The van der Waals surface area contributed by atoms with E-state index in [-0.39, 0.29) is 0 Å². The minimum atomic E-state index is 1.08. The Morgan fingerprint density at radius 2 is 0.543 bits per heavy atom. The second-order valence-corrected chi connectivity index (χ2v) is 18.1. The third-order valence-corrected chi connectivity index (χ3v) is 14.0. The van der Waals surface area contributed by atoms with Gasteiger partial charge in [0.25, 0.3) is 0 Å². The summed E-state index contributed by atoms with van der Waals surface area (Å²) in [7, 11) is 0. The van der Waals surface area contributed by atoms with E-state index in [0.29, 0.717) is 0 Å². The molecule has 2 heteroatoms. The van der Waals surface area contributed by atoms with E-state index >= 15 is 0 Å². The van der Waals surface area contributed by atoms with Crippen LogP contribution < -0.4 is 4.90 Å². The molecule has 13 rings (SSSR count). The highest BCUT2D eigenvalue weighted by Crippen LogP contribution is 2.46. The number of benzene rings is 12. The summed E-state index contributed by atoms with van der Waals surface area (Å²) in [6, 6.07) is 102. The molecule has 0 N–H and O–H groups in total. The van der Waals surface area contributed by atoms with Gasteiger partial charge in [0.05, 0.1) is 11.0 Å². The summed E-state index contributed by atoms with van der Waals surface area (Å²) in [5, 5.41) is 7.47. The maximum Gasteiger partial charge on any atom is 0.0541 e. The van der Waals surface area contributed by atoms with Crippen LogP contribution in [0.4, 0.5) is 17.1 Å². The Balaban J connectivity index is 0.903. The van der Waals surface area contributed by atoms with Crippen LogP contribution in [0.1, 0.15) is 0 Å². The largest absolute Gasteiger partial charge is 0.311 e. The molecule has 0 amide bonds. The lowest BCUT2D eigenvalue weighted by atomic mass is 9.85. The van der Waals surface area contributed by atoms with E-state index < -0.39 is 0 Å². The number of rotatable bonds is 9. The lowest BCUT2D eigenvalue weighted by molar-refractivity contribution is 1.17. The molecule has 0 unspecified atom stereocenters. The van der Waals surface area contributed by atoms with Gasteiger partial charge < -0.3 is 9.47 Å². The Bertz CT molecular complexity index is 3900. The highest BCUT2D eigenvalue weighted by Gasteiger charge is 2.20. The number of fused-ring (bicyclic) bond motifs is 5. The lowest BCUT2D eigenvalue weighted by Crippen LogP contribution is -2.10. The average molecular weight is 891 g/mol. The molecule has 0 aliphatic carbocycles. The van der Waals surface area contributed by atoms with E-state index in [2.05, 4.69) is 289 Å². The Kier molecular flexibility index (Phi) is 10.2. The van der Waals surface area contributed by atoms with Gasteiger partial charge in [-0.15, -0.1) is 0 Å². The van der Waals surface area contributed by atoms with Crippen molar-refractivity contribution in [3.8, 4) is 61.3 Å². The van der Waals surface area contributed by atoms with Crippen LogP contribution in [0.3, 0.4) is 0 Å². The highest BCUT2D eigenvalue weighted by atomic mass is 15.1. The van der Waals surface area contributed by atoms with E-state index in [1.165, 1.54) is 99.0 Å². The standard InChI is InChI=1S/C68H46N2/c1-6-18-47(19-7-1)53-33-42-65-62(44-53)63-45-54(48-20-8-2-9-21-48)34-43-66(63)70(65)58-39-37-57(38-40-58)69(55-26-14-5-15-27-55)56-35-30-49(31-36-56)52-32-41-61-64(46-52)68(51-24-12-4-13-25-51)60-29-17-16-28-59(60)67(61)50-22-10-3-11-23-50/h1-46H. The Hall–Kier alpha value is -9.24. The van der Waals surface area contributed by atoms with Crippen molar-refractivity contribution in [3.05, 3.63) is 279 Å². The molecule has 328 valence electrons. The van der Waals surface area contributed by atoms with Crippen molar-refractivity contribution in [1.29, 1.82) is 0 Å². The van der Waals surface area contributed by atoms with E-state index in [9.17, 15) is 0 Å². The quantitative estimate of drug-likeness (QED) is 0.131. The van der Waals surface area contributed by atoms with Crippen molar-refractivity contribution in [2.24, 2.45) is 0 Å². The van der Waals surface area contributed by atoms with E-state index in [1.54, 1.807) is 0 Å². The third-order valence-electron chi connectivity index (χ3n) is 14.0. The van der Waals surface area contributed by atoms with Gasteiger partial charge >= 0.3 is 0 Å². The zero-order valence-electron chi connectivity index (χ0n) is 38.5. The van der Waals surface area contributed by atoms with Crippen molar-refractivity contribution >= 4 is 60.4 Å². The van der Waals surface area contributed by atoms with Crippen molar-refractivity contribution in [2.45, 2.75) is 0 Å². The molecule has 12 aromatic carbocycles. The summed E-state index contributed by atoms with van der Waals surface area (Å²) >= 11 is 0. The molecule has 0 fully saturated rings. The van der Waals surface area contributed by atoms with Crippen LogP contribution in [0.5, 0.6) is 0 Å². The second-order valence-electron chi connectivity index (χ2n) is 18.1. The third kappa shape index (κ3) is 7.22. The molecule has 13 aromatic rings. The first-order valence-corrected chi connectivity index (χ1v) is 24.1. The number of nitrogens with zero attached hydrogens (tertiary/aromatic N) is 2. The average Bonchev–Trinajstić information content (AvgIpc) is 3.77. The first-order chi connectivity index (χ1) is 34.7. The van der Waals surface area contributed by atoms with Crippen molar-refractivity contribution in [3.63, 3.8) is 0 Å². The van der Waals surface area contributed by atoms with Gasteiger partial charge in [0.1, 0.15) is 0 Å². The fourth-order valence-electron chi connectivity index (χ4n) is 10.7. The molecule has 70 heavy (non-hydrogen) atoms. The number of hydrogen-bond donors (Lipinski definition) is 0. The van der Waals surface area contributed by atoms with Crippen LogP contribution in [-0.4, -0.2) is 4.57 Å². The van der Waals surface area contributed by atoms with Crippen LogP contribution in [0.25, 0.3) is 105 Å². The van der Waals surface area contributed by atoms with Crippen LogP contribution in [0.15, 0.2) is 279 Å². The summed E-state index contributed by atoms with van der Waals surface area (Å²) < 4.78 is 2.41. The topological polar surface area (TPSA) is 8.17 Å². The maximum absolute atomic E-state index is 2.41. The summed E-state index contributed by atoms with van der Waals surface area (Å²) in [6.45, 7) is 0. The molecule has 0 radical (unpaired) electrons. The number of hydrogen-bond acceptors (Lipinski definition) is 1. The van der Waals surface area contributed by atoms with Gasteiger partial charge in [0, 0.05) is 33.5 Å². The first kappa shape index (κ1) is 41.0. The molecule has 0 aliphatic rings. The smallest absolute Gasteiger partial charge is 0.0541 e. The Morgan fingerprint density at radius 3 is 1.03 bits per heavy atom. The monoisotopic (exact) mass is 890 g/mol. The lowest BCUT2D eigenvalue weighted by Gasteiger charge is -2.26. The zero-order valence-corrected chi connectivity index (χ0v) is 38.5. The SMILES string of the molecule is c1ccc(-c2ccc3c(c2)c2cc(-c4ccccc4)ccc2n3-c2ccc(N(c3ccccc3)c3ccc(-c4ccc5c(-c6ccccc6)c6ccccc6c(-c6ccccc6)c5c4)cc3)cc2)cc1. The minimum Gasteiger partial charge on any atom is -0.311 e. The van der Waals surface area contributed by atoms with Crippen molar-refractivity contribution in [2.75, 3.05) is 4.90 Å². The molecule has 1 aromatic heterocycles. The molecule has 0 saturated heterocycles. The number of para-hydroxylation sites is 1. The fourth-order valence-corrected chi connectivity index (χ4v) is 10.7. The van der Waals surface area contributed by atoms with Gasteiger partial charge in [-0.05, 0) is 156 Å². The summed E-state index contributed by atoms with van der Waals surface area (Å²) in [4.78, 5) is 2.35. The minimum absolute atomic E-state index is 1.08. The summed E-state index contributed by atoms with van der Waals surface area (Å²) in [5.74, 6) is 0. The van der Waals surface area contributed by atoms with Crippen LogP contribution in [0, 0.1) is 0 Å². The van der Waals surface area contributed by atoms with Gasteiger partial charge in [0.2, 0.25) is 0 Å². The predicted molar refractivity (Wildman–Crippen MR) is 298 cm³/mol. The van der Waals surface area contributed by atoms with Gasteiger partial charge in [0.15, 0.2) is 0 Å². The van der Waals surface area contributed by atoms with Gasteiger partial charge in [-0.2, -0.15) is 0 Å². The Labute approximate surface area is 408 Å². The van der Waals surface area contributed by atoms with Gasteiger partial charge in [-0.3, -0.25) is 0 Å². The van der Waals surface area contributed by atoms with Crippen LogP contribution in [-0.2, 0) is 0 Å². The van der Waals surface area contributed by atoms with Crippen LogP contribution >= 0.6 is 0 Å². The summed E-state index contributed by atoms with van der Waals surface area (Å²) in [6.07, 6.45) is 0. The van der Waals surface area contributed by atoms with Crippen molar-refractivity contribution < 1.29 is 0 Å². The van der Waals surface area contributed by atoms with Gasteiger partial charge in [-0.25, -0.2) is 0 Å². The van der Waals surface area contributed by atoms with Crippen molar-refractivity contribution in [1.82, 2.24) is 4.57 Å².